The summed E-state index contributed by atoms with van der Waals surface area (Å²) in [5.41, 5.74) is -0.769. The Morgan fingerprint density at radius 1 is 1.47 bits per heavy atom. The molecule has 100 valence electrons. The Balaban J connectivity index is 2.31. The zero-order valence-corrected chi connectivity index (χ0v) is 10.3. The van der Waals surface area contributed by atoms with Crippen LogP contribution in [0.2, 0.25) is 0 Å². The van der Waals surface area contributed by atoms with E-state index in [0.717, 1.165) is 12.1 Å². The first kappa shape index (κ1) is 13.4. The number of nitriles is 1. The quantitative estimate of drug-likeness (QED) is 0.777. The average Bonchev–Trinajstić information content (AvgIpc) is 2.37. The van der Waals surface area contributed by atoms with Crippen LogP contribution < -0.4 is 0 Å². The minimum atomic E-state index is -1.01. The molecule has 0 bridgehead atoms. The summed E-state index contributed by atoms with van der Waals surface area (Å²) in [7, 11) is 0. The lowest BCUT2D eigenvalue weighted by atomic mass is 10.1. The number of amides is 1. The Labute approximate surface area is 109 Å². The molecule has 0 radical (unpaired) electrons. The number of carbonyl (C=O) groups excluding carboxylic acids is 1. The molecule has 1 aliphatic rings. The van der Waals surface area contributed by atoms with Crippen molar-refractivity contribution in [3.05, 3.63) is 34.9 Å². The van der Waals surface area contributed by atoms with Crippen LogP contribution in [0.4, 0.5) is 8.78 Å². The number of benzene rings is 1. The molecule has 19 heavy (non-hydrogen) atoms. The topological polar surface area (TPSA) is 53.3 Å². The van der Waals surface area contributed by atoms with Crippen LogP contribution >= 0.6 is 0 Å². The Kier molecular flexibility index (Phi) is 3.76. The molecular weight excluding hydrogens is 254 g/mol. The van der Waals surface area contributed by atoms with Crippen LogP contribution in [-0.2, 0) is 4.74 Å². The van der Waals surface area contributed by atoms with Gasteiger partial charge in [0.25, 0.3) is 5.91 Å². The highest BCUT2D eigenvalue weighted by atomic mass is 19.1. The minimum absolute atomic E-state index is 0.151. The minimum Gasteiger partial charge on any atom is -0.375 e. The molecule has 1 aliphatic heterocycles. The highest BCUT2D eigenvalue weighted by molar-refractivity contribution is 5.95. The maximum Gasteiger partial charge on any atom is 0.259 e. The summed E-state index contributed by atoms with van der Waals surface area (Å²) in [5, 5.41) is 8.60. The van der Waals surface area contributed by atoms with Gasteiger partial charge in [0.15, 0.2) is 0 Å². The van der Waals surface area contributed by atoms with E-state index in [4.69, 9.17) is 10.00 Å². The van der Waals surface area contributed by atoms with Crippen molar-refractivity contribution < 1.29 is 18.3 Å². The van der Waals surface area contributed by atoms with Crippen molar-refractivity contribution in [2.45, 2.75) is 13.0 Å². The smallest absolute Gasteiger partial charge is 0.259 e. The summed E-state index contributed by atoms with van der Waals surface area (Å²) in [5.74, 6) is -2.74. The fraction of sp³-hybridized carbons (Fsp3) is 0.385. The van der Waals surface area contributed by atoms with E-state index in [-0.39, 0.29) is 18.2 Å². The fourth-order valence-electron chi connectivity index (χ4n) is 2.00. The van der Waals surface area contributed by atoms with Gasteiger partial charge in [-0.25, -0.2) is 8.78 Å². The van der Waals surface area contributed by atoms with Crippen LogP contribution in [0.25, 0.3) is 0 Å². The van der Waals surface area contributed by atoms with Gasteiger partial charge in [0.2, 0.25) is 0 Å². The van der Waals surface area contributed by atoms with Crippen molar-refractivity contribution in [1.82, 2.24) is 4.90 Å². The number of carbonyl (C=O) groups is 1. The first-order valence-corrected chi connectivity index (χ1v) is 5.83. The van der Waals surface area contributed by atoms with Gasteiger partial charge in [0, 0.05) is 13.1 Å². The van der Waals surface area contributed by atoms with Gasteiger partial charge in [-0.3, -0.25) is 4.79 Å². The monoisotopic (exact) mass is 266 g/mol. The Morgan fingerprint density at radius 3 is 2.63 bits per heavy atom. The molecule has 0 aliphatic carbocycles. The predicted molar refractivity (Wildman–Crippen MR) is 62.4 cm³/mol. The van der Waals surface area contributed by atoms with E-state index >= 15 is 0 Å². The molecule has 1 saturated heterocycles. The molecular formula is C13H12F2N2O2. The second-order valence-electron chi connectivity index (χ2n) is 4.36. The van der Waals surface area contributed by atoms with Crippen molar-refractivity contribution in [3.8, 4) is 6.07 Å². The summed E-state index contributed by atoms with van der Waals surface area (Å²) in [6.45, 7) is 2.71. The van der Waals surface area contributed by atoms with Crippen molar-refractivity contribution in [2.75, 3.05) is 19.7 Å². The molecule has 0 saturated carbocycles. The molecule has 0 spiro atoms. The van der Waals surface area contributed by atoms with E-state index in [9.17, 15) is 13.6 Å². The molecule has 1 aromatic carbocycles. The van der Waals surface area contributed by atoms with E-state index in [2.05, 4.69) is 0 Å². The Bertz CT molecular complexity index is 531. The zero-order chi connectivity index (χ0) is 14.0. The van der Waals surface area contributed by atoms with Gasteiger partial charge in [-0.2, -0.15) is 5.26 Å². The maximum atomic E-state index is 13.7. The molecule has 1 heterocycles. The molecule has 0 N–H and O–H groups in total. The molecule has 0 aromatic heterocycles. The normalized spacial score (nSPS) is 19.1. The molecule has 2 rings (SSSR count). The van der Waals surface area contributed by atoms with E-state index in [1.165, 1.54) is 4.90 Å². The van der Waals surface area contributed by atoms with Crippen LogP contribution in [0, 0.1) is 23.0 Å². The van der Waals surface area contributed by atoms with Gasteiger partial charge in [-0.1, -0.05) is 0 Å². The van der Waals surface area contributed by atoms with Crippen LogP contribution in [0.15, 0.2) is 12.1 Å². The maximum absolute atomic E-state index is 13.7. The molecule has 1 fully saturated rings. The second-order valence-corrected chi connectivity index (χ2v) is 4.36. The lowest BCUT2D eigenvalue weighted by Crippen LogP contribution is -2.45. The SMILES string of the molecule is CC1CN(C(=O)c2c(F)cc(C#N)cc2F)CCO1. The van der Waals surface area contributed by atoms with E-state index in [1.54, 1.807) is 13.0 Å². The van der Waals surface area contributed by atoms with Gasteiger partial charge in [0.05, 0.1) is 24.3 Å². The van der Waals surface area contributed by atoms with Crippen LogP contribution in [0.3, 0.4) is 0 Å². The van der Waals surface area contributed by atoms with E-state index in [0.29, 0.717) is 13.2 Å². The number of halogens is 2. The molecule has 1 amide bonds. The van der Waals surface area contributed by atoms with Crippen LogP contribution in [-0.4, -0.2) is 36.6 Å². The molecule has 1 aromatic rings. The number of hydrogen-bond donors (Lipinski definition) is 0. The third-order valence-corrected chi connectivity index (χ3v) is 2.91. The van der Waals surface area contributed by atoms with Crippen molar-refractivity contribution in [1.29, 1.82) is 5.26 Å². The van der Waals surface area contributed by atoms with Crippen LogP contribution in [0.1, 0.15) is 22.8 Å². The summed E-state index contributed by atoms with van der Waals surface area (Å²) in [6, 6.07) is 3.36. The van der Waals surface area contributed by atoms with E-state index in [1.807, 2.05) is 0 Å². The predicted octanol–water partition coefficient (Wildman–Crippen LogP) is 1.70. The molecule has 6 heteroatoms. The first-order chi connectivity index (χ1) is 9.02. The van der Waals surface area contributed by atoms with Crippen molar-refractivity contribution >= 4 is 5.91 Å². The number of rotatable bonds is 1. The fourth-order valence-corrected chi connectivity index (χ4v) is 2.00. The van der Waals surface area contributed by atoms with Crippen molar-refractivity contribution in [2.24, 2.45) is 0 Å². The first-order valence-electron chi connectivity index (χ1n) is 5.83. The van der Waals surface area contributed by atoms with Crippen molar-refractivity contribution in [3.63, 3.8) is 0 Å². The number of hydrogen-bond acceptors (Lipinski definition) is 3. The largest absolute Gasteiger partial charge is 0.375 e. The average molecular weight is 266 g/mol. The third kappa shape index (κ3) is 2.71. The number of nitrogens with zero attached hydrogens (tertiary/aromatic N) is 2. The van der Waals surface area contributed by atoms with Gasteiger partial charge >= 0.3 is 0 Å². The standard InChI is InChI=1S/C13H12F2N2O2/c1-8-7-17(2-3-19-8)13(18)12-10(14)4-9(6-16)5-11(12)15/h4-5,8H,2-3,7H2,1H3. The second kappa shape index (κ2) is 5.33. The summed E-state index contributed by atoms with van der Waals surface area (Å²) >= 11 is 0. The lowest BCUT2D eigenvalue weighted by Gasteiger charge is -2.31. The van der Waals surface area contributed by atoms with Gasteiger partial charge < -0.3 is 9.64 Å². The third-order valence-electron chi connectivity index (χ3n) is 2.91. The number of morpholine rings is 1. The summed E-state index contributed by atoms with van der Waals surface area (Å²) in [6.07, 6.45) is -0.165. The molecule has 4 nitrogen and oxygen atoms in total. The molecule has 1 unspecified atom stereocenters. The zero-order valence-electron chi connectivity index (χ0n) is 10.3. The Hall–Kier alpha value is -2.00. The van der Waals surface area contributed by atoms with Gasteiger partial charge in [-0.05, 0) is 19.1 Å². The number of ether oxygens (including phenoxy) is 1. The highest BCUT2D eigenvalue weighted by Crippen LogP contribution is 2.18. The van der Waals surface area contributed by atoms with Crippen LogP contribution in [0.5, 0.6) is 0 Å². The Morgan fingerprint density at radius 2 is 2.11 bits per heavy atom. The summed E-state index contributed by atoms with van der Waals surface area (Å²) < 4.78 is 32.7. The molecule has 1 atom stereocenters. The highest BCUT2D eigenvalue weighted by Gasteiger charge is 2.27. The van der Waals surface area contributed by atoms with Gasteiger partial charge in [-0.15, -0.1) is 0 Å². The van der Waals surface area contributed by atoms with E-state index < -0.39 is 23.1 Å². The lowest BCUT2D eigenvalue weighted by molar-refractivity contribution is -0.0127. The van der Waals surface area contributed by atoms with Gasteiger partial charge in [0.1, 0.15) is 17.2 Å². The summed E-state index contributed by atoms with van der Waals surface area (Å²) in [4.78, 5) is 13.4.